The summed E-state index contributed by atoms with van der Waals surface area (Å²) in [6.07, 6.45) is 0. The second kappa shape index (κ2) is 6.29. The van der Waals surface area contributed by atoms with Gasteiger partial charge in [-0.15, -0.1) is 0 Å². The van der Waals surface area contributed by atoms with Crippen LogP contribution in [0.3, 0.4) is 0 Å². The van der Waals surface area contributed by atoms with E-state index < -0.39 is 6.03 Å². The molecule has 0 aliphatic heterocycles. The molecule has 0 fully saturated rings. The van der Waals surface area contributed by atoms with Gasteiger partial charge in [-0.3, -0.25) is 0 Å². The van der Waals surface area contributed by atoms with E-state index in [9.17, 15) is 4.79 Å². The zero-order valence-corrected chi connectivity index (χ0v) is 11.7. The van der Waals surface area contributed by atoms with Crippen molar-refractivity contribution < 1.29 is 4.79 Å². The molecule has 0 spiro atoms. The SMILES string of the molecule is N#Cc1ccccc1NC(=O)Nc1cc(Cl)cc(Cl)c1. The number of nitrogens with one attached hydrogen (secondary N) is 2. The molecule has 2 N–H and O–H groups in total. The molecule has 2 aromatic rings. The number of amides is 2. The summed E-state index contributed by atoms with van der Waals surface area (Å²) >= 11 is 11.7. The first kappa shape index (κ1) is 14.2. The molecule has 0 radical (unpaired) electrons. The van der Waals surface area contributed by atoms with E-state index in [1.807, 2.05) is 6.07 Å². The smallest absolute Gasteiger partial charge is 0.308 e. The predicted molar refractivity (Wildman–Crippen MR) is 80.3 cm³/mol. The highest BCUT2D eigenvalue weighted by Gasteiger charge is 2.07. The van der Waals surface area contributed by atoms with Crippen molar-refractivity contribution in [3.8, 4) is 6.07 Å². The first-order valence-electron chi connectivity index (χ1n) is 5.62. The van der Waals surface area contributed by atoms with Crippen LogP contribution in [0.15, 0.2) is 42.5 Å². The standard InChI is InChI=1S/C14H9Cl2N3O/c15-10-5-11(16)7-12(6-10)18-14(20)19-13-4-2-1-3-9(13)8-17/h1-7H,(H2,18,19,20). The molecule has 2 rings (SSSR count). The van der Waals surface area contributed by atoms with Crippen LogP contribution >= 0.6 is 23.2 Å². The molecule has 4 nitrogen and oxygen atoms in total. The molecule has 0 saturated carbocycles. The number of carbonyl (C=O) groups is 1. The van der Waals surface area contributed by atoms with Crippen LogP contribution < -0.4 is 10.6 Å². The molecule has 0 saturated heterocycles. The van der Waals surface area contributed by atoms with Crippen molar-refractivity contribution in [3.63, 3.8) is 0 Å². The summed E-state index contributed by atoms with van der Waals surface area (Å²) in [7, 11) is 0. The molecule has 0 bridgehead atoms. The van der Waals surface area contributed by atoms with Gasteiger partial charge in [-0.25, -0.2) is 4.79 Å². The van der Waals surface area contributed by atoms with Gasteiger partial charge in [0, 0.05) is 15.7 Å². The van der Waals surface area contributed by atoms with Gasteiger partial charge >= 0.3 is 6.03 Å². The van der Waals surface area contributed by atoms with Crippen molar-refractivity contribution >= 4 is 40.6 Å². The third kappa shape index (κ3) is 3.64. The molecule has 0 heterocycles. The van der Waals surface area contributed by atoms with E-state index in [1.54, 1.807) is 42.5 Å². The Morgan fingerprint density at radius 3 is 2.35 bits per heavy atom. The number of para-hydroxylation sites is 1. The average molecular weight is 306 g/mol. The number of carbonyl (C=O) groups excluding carboxylic acids is 1. The van der Waals surface area contributed by atoms with Gasteiger partial charge in [-0.2, -0.15) is 5.26 Å². The first-order valence-corrected chi connectivity index (χ1v) is 6.37. The maximum Gasteiger partial charge on any atom is 0.323 e. The quantitative estimate of drug-likeness (QED) is 0.857. The van der Waals surface area contributed by atoms with E-state index in [4.69, 9.17) is 28.5 Å². The van der Waals surface area contributed by atoms with Gasteiger partial charge in [-0.05, 0) is 30.3 Å². The van der Waals surface area contributed by atoms with Crippen LogP contribution in [0.2, 0.25) is 10.0 Å². The lowest BCUT2D eigenvalue weighted by Gasteiger charge is -2.09. The Kier molecular flexibility index (Phi) is 4.46. The summed E-state index contributed by atoms with van der Waals surface area (Å²) in [6.45, 7) is 0. The van der Waals surface area contributed by atoms with E-state index in [-0.39, 0.29) is 0 Å². The molecule has 20 heavy (non-hydrogen) atoms. The average Bonchev–Trinajstić information content (AvgIpc) is 2.37. The molecule has 0 unspecified atom stereocenters. The summed E-state index contributed by atoms with van der Waals surface area (Å²) in [5.74, 6) is 0. The fraction of sp³-hybridized carbons (Fsp3) is 0. The van der Waals surface area contributed by atoms with Crippen LogP contribution in [0.25, 0.3) is 0 Å². The van der Waals surface area contributed by atoms with Crippen molar-refractivity contribution in [3.05, 3.63) is 58.1 Å². The van der Waals surface area contributed by atoms with Crippen LogP contribution in [-0.2, 0) is 0 Å². The Morgan fingerprint density at radius 1 is 1.05 bits per heavy atom. The largest absolute Gasteiger partial charge is 0.323 e. The summed E-state index contributed by atoms with van der Waals surface area (Å²) in [5, 5.41) is 15.0. The predicted octanol–water partition coefficient (Wildman–Crippen LogP) is 4.51. The Labute approximate surface area is 125 Å². The lowest BCUT2D eigenvalue weighted by molar-refractivity contribution is 0.262. The lowest BCUT2D eigenvalue weighted by Crippen LogP contribution is -2.20. The number of hydrogen-bond acceptors (Lipinski definition) is 2. The monoisotopic (exact) mass is 305 g/mol. The van der Waals surface area contributed by atoms with Crippen molar-refractivity contribution in [2.24, 2.45) is 0 Å². The molecular formula is C14H9Cl2N3O. The second-order valence-electron chi connectivity index (χ2n) is 3.89. The molecule has 0 aromatic heterocycles. The Hall–Kier alpha value is -2.22. The van der Waals surface area contributed by atoms with E-state index in [1.165, 1.54) is 0 Å². The number of rotatable bonds is 2. The zero-order chi connectivity index (χ0) is 14.5. The minimum atomic E-state index is -0.481. The number of benzene rings is 2. The molecule has 2 aromatic carbocycles. The fourth-order valence-corrected chi connectivity index (χ4v) is 2.13. The fourth-order valence-electron chi connectivity index (χ4n) is 1.60. The third-order valence-electron chi connectivity index (χ3n) is 2.42. The number of nitriles is 1. The van der Waals surface area contributed by atoms with Crippen LogP contribution in [0.5, 0.6) is 0 Å². The number of nitrogens with zero attached hydrogens (tertiary/aromatic N) is 1. The summed E-state index contributed by atoms with van der Waals surface area (Å²) < 4.78 is 0. The highest BCUT2D eigenvalue weighted by molar-refractivity contribution is 6.35. The third-order valence-corrected chi connectivity index (χ3v) is 2.85. The van der Waals surface area contributed by atoms with Gasteiger partial charge in [0.15, 0.2) is 0 Å². The Bertz CT molecular complexity index is 675. The highest BCUT2D eigenvalue weighted by Crippen LogP contribution is 2.22. The maximum atomic E-state index is 11.9. The number of hydrogen-bond donors (Lipinski definition) is 2. The molecular weight excluding hydrogens is 297 g/mol. The molecule has 2 amide bonds. The topological polar surface area (TPSA) is 64.9 Å². The molecule has 0 aliphatic carbocycles. The van der Waals surface area contributed by atoms with Crippen molar-refractivity contribution in [1.29, 1.82) is 5.26 Å². The van der Waals surface area contributed by atoms with Crippen molar-refractivity contribution in [2.75, 3.05) is 10.6 Å². The van der Waals surface area contributed by atoms with Crippen LogP contribution in [0, 0.1) is 11.3 Å². The molecule has 0 atom stereocenters. The van der Waals surface area contributed by atoms with Crippen molar-refractivity contribution in [2.45, 2.75) is 0 Å². The zero-order valence-electron chi connectivity index (χ0n) is 10.2. The number of halogens is 2. The minimum absolute atomic E-state index is 0.381. The molecule has 0 aliphatic rings. The van der Waals surface area contributed by atoms with Gasteiger partial charge in [0.25, 0.3) is 0 Å². The van der Waals surface area contributed by atoms with Crippen LogP contribution in [0.4, 0.5) is 16.2 Å². The van der Waals surface area contributed by atoms with Gasteiger partial charge in [-0.1, -0.05) is 35.3 Å². The van der Waals surface area contributed by atoms with Gasteiger partial charge in [0.05, 0.1) is 11.3 Å². The first-order chi connectivity index (χ1) is 9.58. The van der Waals surface area contributed by atoms with Gasteiger partial charge in [0.2, 0.25) is 0 Å². The van der Waals surface area contributed by atoms with Gasteiger partial charge < -0.3 is 10.6 Å². The van der Waals surface area contributed by atoms with Crippen LogP contribution in [0.1, 0.15) is 5.56 Å². The summed E-state index contributed by atoms with van der Waals surface area (Å²) in [6, 6.07) is 12.9. The minimum Gasteiger partial charge on any atom is -0.308 e. The highest BCUT2D eigenvalue weighted by atomic mass is 35.5. The maximum absolute atomic E-state index is 11.9. The molecule has 6 heteroatoms. The summed E-state index contributed by atoms with van der Waals surface area (Å²) in [5.41, 5.74) is 1.28. The van der Waals surface area contributed by atoms with E-state index in [0.717, 1.165) is 0 Å². The van der Waals surface area contributed by atoms with E-state index >= 15 is 0 Å². The Morgan fingerprint density at radius 2 is 1.70 bits per heavy atom. The molecule has 100 valence electrons. The summed E-state index contributed by atoms with van der Waals surface area (Å²) in [4.78, 5) is 11.9. The Balaban J connectivity index is 2.11. The normalized spacial score (nSPS) is 9.65. The lowest BCUT2D eigenvalue weighted by atomic mass is 10.2. The second-order valence-corrected chi connectivity index (χ2v) is 4.77. The number of urea groups is 1. The number of anilines is 2. The van der Waals surface area contributed by atoms with Crippen molar-refractivity contribution in [1.82, 2.24) is 0 Å². The van der Waals surface area contributed by atoms with E-state index in [2.05, 4.69) is 10.6 Å². The van der Waals surface area contributed by atoms with Gasteiger partial charge in [0.1, 0.15) is 6.07 Å². The van der Waals surface area contributed by atoms with Crippen LogP contribution in [-0.4, -0.2) is 6.03 Å². The van der Waals surface area contributed by atoms with E-state index in [0.29, 0.717) is 27.0 Å².